The first kappa shape index (κ1) is 29.6. The number of amides is 2. The van der Waals surface area contributed by atoms with Crippen LogP contribution in [0.3, 0.4) is 0 Å². The second-order valence-corrected chi connectivity index (χ2v) is 10.9. The van der Waals surface area contributed by atoms with Gasteiger partial charge in [-0.1, -0.05) is 36.8 Å². The standard InChI is InChI=1S/C29H34FN3O5S/c1-5-27(29(35)31-6-2)32(19-22-9-11-23(30)12-10-22)28(34)20-33(24-13-15-25(38-4)16-14-24)39(36,37)26-17-7-21(3)8-18-26/h7-18,27H,5-6,19-20H2,1-4H3,(H,31,35)/t27-/m1/s1. The molecule has 0 aromatic heterocycles. The van der Waals surface area contributed by atoms with Gasteiger partial charge in [-0.3, -0.25) is 13.9 Å². The molecule has 3 aromatic rings. The molecule has 1 N–H and O–H groups in total. The summed E-state index contributed by atoms with van der Waals surface area (Å²) in [5.41, 5.74) is 1.75. The number of anilines is 1. The summed E-state index contributed by atoms with van der Waals surface area (Å²) in [7, 11) is -2.67. The highest BCUT2D eigenvalue weighted by Gasteiger charge is 2.33. The number of rotatable bonds is 12. The molecule has 0 aliphatic rings. The topological polar surface area (TPSA) is 96.0 Å². The van der Waals surface area contributed by atoms with Gasteiger partial charge in [0, 0.05) is 13.1 Å². The van der Waals surface area contributed by atoms with Crippen molar-refractivity contribution in [3.8, 4) is 5.75 Å². The highest BCUT2D eigenvalue weighted by atomic mass is 32.2. The van der Waals surface area contributed by atoms with Crippen LogP contribution in [-0.2, 0) is 26.2 Å². The summed E-state index contributed by atoms with van der Waals surface area (Å²) in [5.74, 6) is -0.836. The predicted octanol–water partition coefficient (Wildman–Crippen LogP) is 4.28. The minimum absolute atomic E-state index is 0.00418. The van der Waals surface area contributed by atoms with Crippen molar-refractivity contribution in [1.29, 1.82) is 0 Å². The summed E-state index contributed by atoms with van der Waals surface area (Å²) < 4.78 is 47.4. The van der Waals surface area contributed by atoms with Crippen LogP contribution in [0.1, 0.15) is 31.4 Å². The number of carbonyl (C=O) groups is 2. The Kier molecular flexibility index (Phi) is 10.1. The van der Waals surface area contributed by atoms with Crippen molar-refractivity contribution >= 4 is 27.5 Å². The molecule has 0 spiro atoms. The van der Waals surface area contributed by atoms with E-state index in [0.717, 1.165) is 9.87 Å². The Bertz CT molecular complexity index is 1360. The fourth-order valence-corrected chi connectivity index (χ4v) is 5.53. The summed E-state index contributed by atoms with van der Waals surface area (Å²) in [6, 6.07) is 17.4. The van der Waals surface area contributed by atoms with Crippen LogP contribution in [-0.4, -0.2) is 51.4 Å². The molecule has 0 aliphatic carbocycles. The van der Waals surface area contributed by atoms with E-state index in [2.05, 4.69) is 5.32 Å². The number of nitrogens with one attached hydrogen (secondary N) is 1. The van der Waals surface area contributed by atoms with E-state index in [1.165, 1.54) is 48.4 Å². The van der Waals surface area contributed by atoms with E-state index in [1.54, 1.807) is 50.2 Å². The number of methoxy groups -OCH3 is 1. The summed E-state index contributed by atoms with van der Waals surface area (Å²) in [4.78, 5) is 28.2. The second kappa shape index (κ2) is 13.2. The molecule has 0 aliphatic heterocycles. The van der Waals surface area contributed by atoms with Crippen LogP contribution in [0, 0.1) is 12.7 Å². The van der Waals surface area contributed by atoms with E-state index in [4.69, 9.17) is 4.74 Å². The molecule has 1 atom stereocenters. The first-order valence-corrected chi connectivity index (χ1v) is 14.1. The fourth-order valence-electron chi connectivity index (χ4n) is 4.11. The van der Waals surface area contributed by atoms with Gasteiger partial charge < -0.3 is 15.0 Å². The largest absolute Gasteiger partial charge is 0.497 e. The van der Waals surface area contributed by atoms with Crippen LogP contribution >= 0.6 is 0 Å². The van der Waals surface area contributed by atoms with Crippen LogP contribution < -0.4 is 14.4 Å². The molecule has 3 rings (SSSR count). The Balaban J connectivity index is 2.05. The molecule has 0 saturated heterocycles. The van der Waals surface area contributed by atoms with Crippen molar-refractivity contribution in [1.82, 2.24) is 10.2 Å². The van der Waals surface area contributed by atoms with E-state index in [0.29, 0.717) is 24.3 Å². The van der Waals surface area contributed by atoms with Crippen molar-refractivity contribution in [2.75, 3.05) is 24.5 Å². The van der Waals surface area contributed by atoms with Gasteiger partial charge in [0.05, 0.1) is 17.7 Å². The van der Waals surface area contributed by atoms with Gasteiger partial charge >= 0.3 is 0 Å². The molecule has 2 amide bonds. The lowest BCUT2D eigenvalue weighted by molar-refractivity contribution is -0.140. The number of benzene rings is 3. The fraction of sp³-hybridized carbons (Fsp3) is 0.310. The van der Waals surface area contributed by atoms with Crippen LogP contribution in [0.15, 0.2) is 77.7 Å². The number of aryl methyl sites for hydroxylation is 1. The molecule has 0 heterocycles. The maximum Gasteiger partial charge on any atom is 0.264 e. The normalized spacial score (nSPS) is 11.9. The molecule has 208 valence electrons. The van der Waals surface area contributed by atoms with Crippen molar-refractivity contribution < 1.29 is 27.1 Å². The lowest BCUT2D eigenvalue weighted by atomic mass is 10.1. The number of hydrogen-bond acceptors (Lipinski definition) is 5. The summed E-state index contributed by atoms with van der Waals surface area (Å²) >= 11 is 0. The number of sulfonamides is 1. The molecule has 8 nitrogen and oxygen atoms in total. The Morgan fingerprint density at radius 1 is 0.949 bits per heavy atom. The predicted molar refractivity (Wildman–Crippen MR) is 148 cm³/mol. The molecule has 39 heavy (non-hydrogen) atoms. The van der Waals surface area contributed by atoms with Gasteiger partial charge in [0.25, 0.3) is 10.0 Å². The zero-order valence-electron chi connectivity index (χ0n) is 22.6. The maximum atomic E-state index is 13.9. The van der Waals surface area contributed by atoms with Crippen LogP contribution in [0.5, 0.6) is 5.75 Å². The van der Waals surface area contributed by atoms with Gasteiger partial charge in [-0.15, -0.1) is 0 Å². The number of carbonyl (C=O) groups excluding carboxylic acids is 2. The summed E-state index contributed by atoms with van der Waals surface area (Å²) in [5, 5.41) is 2.75. The first-order valence-electron chi connectivity index (χ1n) is 12.7. The summed E-state index contributed by atoms with van der Waals surface area (Å²) in [6.45, 7) is 5.20. The summed E-state index contributed by atoms with van der Waals surface area (Å²) in [6.07, 6.45) is 0.298. The minimum atomic E-state index is -4.17. The zero-order valence-corrected chi connectivity index (χ0v) is 23.4. The van der Waals surface area contributed by atoms with Crippen molar-refractivity contribution in [2.45, 2.75) is 44.7 Å². The quantitative estimate of drug-likeness (QED) is 0.360. The van der Waals surface area contributed by atoms with Crippen molar-refractivity contribution in [2.24, 2.45) is 0 Å². The monoisotopic (exact) mass is 555 g/mol. The van der Waals surface area contributed by atoms with E-state index in [1.807, 2.05) is 6.92 Å². The first-order chi connectivity index (χ1) is 18.6. The second-order valence-electron chi connectivity index (χ2n) is 8.99. The molecule has 0 fully saturated rings. The van der Waals surface area contributed by atoms with Crippen LogP contribution in [0.4, 0.5) is 10.1 Å². The van der Waals surface area contributed by atoms with Gasteiger partial charge in [-0.2, -0.15) is 0 Å². The number of nitrogens with zero attached hydrogens (tertiary/aromatic N) is 2. The Morgan fingerprint density at radius 2 is 1.56 bits per heavy atom. The van der Waals surface area contributed by atoms with Gasteiger partial charge in [0.1, 0.15) is 24.2 Å². The third-order valence-electron chi connectivity index (χ3n) is 6.25. The Hall–Kier alpha value is -3.92. The molecule has 0 saturated carbocycles. The van der Waals surface area contributed by atoms with Crippen molar-refractivity contribution in [3.63, 3.8) is 0 Å². The third-order valence-corrected chi connectivity index (χ3v) is 8.04. The zero-order chi connectivity index (χ0) is 28.6. The Morgan fingerprint density at radius 3 is 2.10 bits per heavy atom. The van der Waals surface area contributed by atoms with Gasteiger partial charge in [-0.05, 0) is 74.4 Å². The van der Waals surface area contributed by atoms with Crippen LogP contribution in [0.2, 0.25) is 0 Å². The maximum absolute atomic E-state index is 13.9. The van der Waals surface area contributed by atoms with Gasteiger partial charge in [-0.25, -0.2) is 12.8 Å². The minimum Gasteiger partial charge on any atom is -0.497 e. The average Bonchev–Trinajstić information content (AvgIpc) is 2.93. The SMILES string of the molecule is CCNC(=O)[C@@H](CC)N(Cc1ccc(F)cc1)C(=O)CN(c1ccc(OC)cc1)S(=O)(=O)c1ccc(C)cc1. The molecule has 0 bridgehead atoms. The smallest absolute Gasteiger partial charge is 0.264 e. The number of hydrogen-bond donors (Lipinski definition) is 1. The lowest BCUT2D eigenvalue weighted by Crippen LogP contribution is -2.52. The van der Waals surface area contributed by atoms with E-state index < -0.39 is 34.3 Å². The molecule has 0 unspecified atom stereocenters. The number of halogens is 1. The van der Waals surface area contributed by atoms with E-state index in [9.17, 15) is 22.4 Å². The number of ether oxygens (including phenoxy) is 1. The lowest BCUT2D eigenvalue weighted by Gasteiger charge is -2.33. The van der Waals surface area contributed by atoms with Crippen molar-refractivity contribution in [3.05, 3.63) is 89.7 Å². The van der Waals surface area contributed by atoms with Gasteiger partial charge in [0.2, 0.25) is 11.8 Å². The van der Waals surface area contributed by atoms with E-state index in [-0.39, 0.29) is 23.0 Å². The average molecular weight is 556 g/mol. The molecular weight excluding hydrogens is 521 g/mol. The van der Waals surface area contributed by atoms with Crippen LogP contribution in [0.25, 0.3) is 0 Å². The molecule has 3 aromatic carbocycles. The third kappa shape index (κ3) is 7.35. The highest BCUT2D eigenvalue weighted by Crippen LogP contribution is 2.27. The number of likely N-dealkylation sites (N-methyl/N-ethyl adjacent to an activating group) is 1. The Labute approximate surface area is 229 Å². The molecular formula is C29H34FN3O5S. The molecule has 0 radical (unpaired) electrons. The van der Waals surface area contributed by atoms with Gasteiger partial charge in [0.15, 0.2) is 0 Å². The highest BCUT2D eigenvalue weighted by molar-refractivity contribution is 7.92. The van der Waals surface area contributed by atoms with E-state index >= 15 is 0 Å². The molecule has 10 heteroatoms.